The smallest absolute Gasteiger partial charge is 0.243 e. The average Bonchev–Trinajstić information content (AvgIpc) is 2.26. The van der Waals surface area contributed by atoms with Gasteiger partial charge in [0.05, 0.1) is 16.5 Å². The van der Waals surface area contributed by atoms with Crippen LogP contribution in [0.4, 0.5) is 0 Å². The molecule has 0 radical (unpaired) electrons. The number of ether oxygens (including phenoxy) is 1. The lowest BCUT2D eigenvalue weighted by Crippen LogP contribution is -2.41. The van der Waals surface area contributed by atoms with E-state index in [4.69, 9.17) is 4.74 Å². The van der Waals surface area contributed by atoms with Crippen LogP contribution in [-0.4, -0.2) is 32.9 Å². The van der Waals surface area contributed by atoms with Gasteiger partial charge in [-0.25, -0.2) is 8.42 Å². The lowest BCUT2D eigenvalue weighted by atomic mass is 9.94. The fourth-order valence-corrected chi connectivity index (χ4v) is 4.06. The highest BCUT2D eigenvalue weighted by atomic mass is 79.9. The molecule has 1 fully saturated rings. The van der Waals surface area contributed by atoms with Gasteiger partial charge in [0.1, 0.15) is 5.75 Å². The third kappa shape index (κ3) is 2.41. The van der Waals surface area contributed by atoms with E-state index in [1.54, 1.807) is 32.4 Å². The Morgan fingerprint density at radius 3 is 2.50 bits per heavy atom. The van der Waals surface area contributed by atoms with Gasteiger partial charge >= 0.3 is 0 Å². The first-order valence-corrected chi connectivity index (χ1v) is 8.01. The standard InChI is InChI=1S/C12H16BrNO3S/c1-14(9-4-3-5-9)18(15,16)10-6-7-12(17-2)11(13)8-10/h6-9H,3-5H2,1-2H3. The molecule has 18 heavy (non-hydrogen) atoms. The minimum Gasteiger partial charge on any atom is -0.496 e. The van der Waals surface area contributed by atoms with Crippen LogP contribution in [0.1, 0.15) is 19.3 Å². The average molecular weight is 334 g/mol. The fraction of sp³-hybridized carbons (Fsp3) is 0.500. The molecule has 0 spiro atoms. The summed E-state index contributed by atoms with van der Waals surface area (Å²) in [5.41, 5.74) is 0. The zero-order chi connectivity index (χ0) is 13.3. The van der Waals surface area contributed by atoms with Crippen LogP contribution in [0, 0.1) is 0 Å². The lowest BCUT2D eigenvalue weighted by molar-refractivity contribution is 0.249. The van der Waals surface area contributed by atoms with Gasteiger partial charge in [0.25, 0.3) is 0 Å². The van der Waals surface area contributed by atoms with Crippen molar-refractivity contribution in [1.82, 2.24) is 4.31 Å². The van der Waals surface area contributed by atoms with E-state index in [0.29, 0.717) is 15.1 Å². The minimum absolute atomic E-state index is 0.149. The zero-order valence-electron chi connectivity index (χ0n) is 10.4. The van der Waals surface area contributed by atoms with Gasteiger partial charge in [-0.1, -0.05) is 6.42 Å². The summed E-state index contributed by atoms with van der Waals surface area (Å²) in [5.74, 6) is 0.625. The Bertz CT molecular complexity index is 540. The largest absolute Gasteiger partial charge is 0.496 e. The molecule has 0 aliphatic heterocycles. The van der Waals surface area contributed by atoms with Gasteiger partial charge in [-0.3, -0.25) is 0 Å². The Balaban J connectivity index is 2.31. The number of hydrogen-bond acceptors (Lipinski definition) is 3. The normalized spacial score (nSPS) is 16.7. The molecule has 0 amide bonds. The van der Waals surface area contributed by atoms with Gasteiger partial charge < -0.3 is 4.74 Å². The highest BCUT2D eigenvalue weighted by Crippen LogP contribution is 2.32. The molecular formula is C12H16BrNO3S. The molecule has 1 aliphatic carbocycles. The van der Waals surface area contributed by atoms with Crippen LogP contribution >= 0.6 is 15.9 Å². The molecule has 0 heterocycles. The van der Waals surface area contributed by atoms with Crippen LogP contribution in [0.5, 0.6) is 5.75 Å². The minimum atomic E-state index is -3.40. The number of methoxy groups -OCH3 is 1. The summed E-state index contributed by atoms with van der Waals surface area (Å²) in [5, 5.41) is 0. The number of rotatable bonds is 4. The maximum Gasteiger partial charge on any atom is 0.243 e. The molecule has 0 bridgehead atoms. The topological polar surface area (TPSA) is 46.6 Å². The van der Waals surface area contributed by atoms with Crippen molar-refractivity contribution < 1.29 is 13.2 Å². The molecule has 0 aromatic heterocycles. The summed E-state index contributed by atoms with van der Waals surface area (Å²) >= 11 is 3.31. The molecule has 1 aromatic rings. The summed E-state index contributed by atoms with van der Waals surface area (Å²) in [6.45, 7) is 0. The fourth-order valence-electron chi connectivity index (χ4n) is 1.92. The Hall–Kier alpha value is -0.590. The summed E-state index contributed by atoms with van der Waals surface area (Å²) in [7, 11) is -0.198. The molecule has 100 valence electrons. The SMILES string of the molecule is COc1ccc(S(=O)(=O)N(C)C2CCC2)cc1Br. The third-order valence-corrected chi connectivity index (χ3v) is 5.91. The van der Waals surface area contributed by atoms with E-state index < -0.39 is 10.0 Å². The Morgan fingerprint density at radius 2 is 2.06 bits per heavy atom. The molecule has 6 heteroatoms. The molecule has 1 saturated carbocycles. The van der Waals surface area contributed by atoms with E-state index in [1.807, 2.05) is 0 Å². The van der Waals surface area contributed by atoms with Gasteiger partial charge in [-0.2, -0.15) is 4.31 Å². The first-order valence-electron chi connectivity index (χ1n) is 5.78. The Labute approximate surface area is 116 Å². The summed E-state index contributed by atoms with van der Waals surface area (Å²) < 4.78 is 32.0. The van der Waals surface area contributed by atoms with Crippen LogP contribution in [-0.2, 0) is 10.0 Å². The van der Waals surface area contributed by atoms with E-state index in [1.165, 1.54) is 4.31 Å². The number of sulfonamides is 1. The molecule has 4 nitrogen and oxygen atoms in total. The first-order chi connectivity index (χ1) is 8.46. The highest BCUT2D eigenvalue weighted by Gasteiger charge is 2.31. The van der Waals surface area contributed by atoms with Gasteiger partial charge in [-0.15, -0.1) is 0 Å². The molecule has 0 N–H and O–H groups in total. The molecule has 0 saturated heterocycles. The lowest BCUT2D eigenvalue weighted by Gasteiger charge is -2.33. The van der Waals surface area contributed by atoms with Gasteiger partial charge in [0.2, 0.25) is 10.0 Å². The quantitative estimate of drug-likeness (QED) is 0.850. The van der Waals surface area contributed by atoms with Crippen molar-refractivity contribution in [2.45, 2.75) is 30.2 Å². The van der Waals surface area contributed by atoms with E-state index >= 15 is 0 Å². The van der Waals surface area contributed by atoms with Gasteiger partial charge in [0.15, 0.2) is 0 Å². The highest BCUT2D eigenvalue weighted by molar-refractivity contribution is 9.10. The monoisotopic (exact) mass is 333 g/mol. The number of benzene rings is 1. The molecule has 2 rings (SSSR count). The van der Waals surface area contributed by atoms with Crippen LogP contribution in [0.25, 0.3) is 0 Å². The third-order valence-electron chi connectivity index (χ3n) is 3.39. The van der Waals surface area contributed by atoms with E-state index in [-0.39, 0.29) is 6.04 Å². The Morgan fingerprint density at radius 1 is 1.39 bits per heavy atom. The zero-order valence-corrected chi connectivity index (χ0v) is 12.8. The number of nitrogens with zero attached hydrogens (tertiary/aromatic N) is 1. The van der Waals surface area contributed by atoms with Crippen LogP contribution in [0.15, 0.2) is 27.6 Å². The van der Waals surface area contributed by atoms with Crippen molar-refractivity contribution in [2.24, 2.45) is 0 Å². The van der Waals surface area contributed by atoms with E-state index in [2.05, 4.69) is 15.9 Å². The van der Waals surface area contributed by atoms with Crippen molar-refractivity contribution in [1.29, 1.82) is 0 Å². The second kappa shape index (κ2) is 5.19. The Kier molecular flexibility index (Phi) is 3.99. The van der Waals surface area contributed by atoms with Crippen LogP contribution in [0.3, 0.4) is 0 Å². The van der Waals surface area contributed by atoms with E-state index in [0.717, 1.165) is 19.3 Å². The molecular weight excluding hydrogens is 318 g/mol. The number of hydrogen-bond donors (Lipinski definition) is 0. The van der Waals surface area contributed by atoms with Crippen molar-refractivity contribution >= 4 is 26.0 Å². The summed E-state index contributed by atoms with van der Waals surface area (Å²) in [6.07, 6.45) is 3.01. The molecule has 0 atom stereocenters. The number of halogens is 1. The first kappa shape index (κ1) is 13.8. The second-order valence-corrected chi connectivity index (χ2v) is 7.25. The van der Waals surface area contributed by atoms with Gasteiger partial charge in [-0.05, 0) is 47.0 Å². The maximum absolute atomic E-state index is 12.4. The van der Waals surface area contributed by atoms with Crippen molar-refractivity contribution in [3.8, 4) is 5.75 Å². The van der Waals surface area contributed by atoms with Gasteiger partial charge in [0, 0.05) is 13.1 Å². The molecule has 0 unspecified atom stereocenters. The predicted octanol–water partition coefficient (Wildman–Crippen LogP) is 2.63. The van der Waals surface area contributed by atoms with Crippen LogP contribution < -0.4 is 4.74 Å². The molecule has 1 aliphatic rings. The van der Waals surface area contributed by atoms with Crippen molar-refractivity contribution in [2.75, 3.05) is 14.2 Å². The summed E-state index contributed by atoms with van der Waals surface area (Å²) in [4.78, 5) is 0.296. The second-order valence-electron chi connectivity index (χ2n) is 4.40. The molecule has 1 aromatic carbocycles. The van der Waals surface area contributed by atoms with E-state index in [9.17, 15) is 8.42 Å². The van der Waals surface area contributed by atoms with Crippen LogP contribution in [0.2, 0.25) is 0 Å². The predicted molar refractivity (Wildman–Crippen MR) is 73.3 cm³/mol. The summed E-state index contributed by atoms with van der Waals surface area (Å²) in [6, 6.07) is 4.97. The van der Waals surface area contributed by atoms with Crippen molar-refractivity contribution in [3.63, 3.8) is 0 Å². The van der Waals surface area contributed by atoms with Crippen molar-refractivity contribution in [3.05, 3.63) is 22.7 Å². The maximum atomic E-state index is 12.4.